The van der Waals surface area contributed by atoms with E-state index in [0.717, 1.165) is 38.8 Å². The Morgan fingerprint density at radius 1 is 0.440 bits per heavy atom. The molecule has 50 heavy (non-hydrogen) atoms. The lowest BCUT2D eigenvalue weighted by Gasteiger charge is -2.36. The van der Waals surface area contributed by atoms with Gasteiger partial charge in [0.2, 0.25) is 11.8 Å². The van der Waals surface area contributed by atoms with Crippen molar-refractivity contribution in [3.05, 3.63) is 0 Å². The molecular formula is C43H90N4O3+2. The van der Waals surface area contributed by atoms with Gasteiger partial charge < -0.3 is 24.7 Å². The zero-order valence-electron chi connectivity index (χ0n) is 34.8. The zero-order valence-corrected chi connectivity index (χ0v) is 34.8. The number of hydrogen-bond acceptors (Lipinski definition) is 3. The van der Waals surface area contributed by atoms with Crippen molar-refractivity contribution < 1.29 is 23.7 Å². The number of carbonyl (C=O) groups excluding carboxylic acids is 2. The molecule has 0 saturated carbocycles. The summed E-state index contributed by atoms with van der Waals surface area (Å²) >= 11 is 0. The van der Waals surface area contributed by atoms with Crippen molar-refractivity contribution in [2.75, 3.05) is 67.5 Å². The third kappa shape index (κ3) is 35.2. The molecule has 0 radical (unpaired) electrons. The molecule has 0 spiro atoms. The van der Waals surface area contributed by atoms with Crippen LogP contribution in [0.15, 0.2) is 0 Å². The molecule has 0 aliphatic carbocycles. The molecule has 7 nitrogen and oxygen atoms in total. The van der Waals surface area contributed by atoms with Gasteiger partial charge in [0.15, 0.2) is 6.10 Å². The van der Waals surface area contributed by atoms with E-state index in [1.54, 1.807) is 0 Å². The fraction of sp³-hybridized carbons (Fsp3) is 0.953. The second-order valence-corrected chi connectivity index (χ2v) is 17.0. The minimum absolute atomic E-state index is 0.155. The molecule has 0 heterocycles. The summed E-state index contributed by atoms with van der Waals surface area (Å²) in [6.07, 6.45) is 35.0. The van der Waals surface area contributed by atoms with Crippen LogP contribution in [-0.4, -0.2) is 99.5 Å². The maximum Gasteiger partial charge on any atom is 0.220 e. The lowest BCUT2D eigenvalue weighted by atomic mass is 10.0. The van der Waals surface area contributed by atoms with Crippen molar-refractivity contribution in [1.82, 2.24) is 10.6 Å². The van der Waals surface area contributed by atoms with E-state index >= 15 is 0 Å². The van der Waals surface area contributed by atoms with Crippen LogP contribution in [0.5, 0.6) is 0 Å². The number of likely N-dealkylation sites (N-methyl/N-ethyl adjacent to an activating group) is 2. The molecule has 7 heteroatoms. The Morgan fingerprint density at radius 2 is 0.680 bits per heavy atom. The number of aliphatic hydroxyl groups is 1. The van der Waals surface area contributed by atoms with Crippen molar-refractivity contribution in [3.63, 3.8) is 0 Å². The predicted molar refractivity (Wildman–Crippen MR) is 216 cm³/mol. The Balaban J connectivity index is 3.81. The number of nitrogens with zero attached hydrogens (tertiary/aromatic N) is 2. The second-order valence-electron chi connectivity index (χ2n) is 17.0. The van der Waals surface area contributed by atoms with Crippen LogP contribution in [0.1, 0.15) is 194 Å². The summed E-state index contributed by atoms with van der Waals surface area (Å²) in [4.78, 5) is 24.7. The van der Waals surface area contributed by atoms with Crippen LogP contribution in [0.2, 0.25) is 0 Å². The van der Waals surface area contributed by atoms with Crippen molar-refractivity contribution >= 4 is 11.8 Å². The Morgan fingerprint density at radius 3 is 0.940 bits per heavy atom. The van der Waals surface area contributed by atoms with Crippen molar-refractivity contribution in [1.29, 1.82) is 0 Å². The van der Waals surface area contributed by atoms with Crippen LogP contribution < -0.4 is 10.6 Å². The highest BCUT2D eigenvalue weighted by molar-refractivity contribution is 5.76. The number of nitrogens with one attached hydrogen (secondary N) is 2. The fourth-order valence-corrected chi connectivity index (χ4v) is 7.16. The molecule has 0 bridgehead atoms. The van der Waals surface area contributed by atoms with Crippen molar-refractivity contribution in [3.8, 4) is 0 Å². The van der Waals surface area contributed by atoms with E-state index in [-0.39, 0.29) is 11.8 Å². The topological polar surface area (TPSA) is 78.4 Å². The third-order valence-corrected chi connectivity index (χ3v) is 10.5. The number of rotatable bonds is 38. The summed E-state index contributed by atoms with van der Waals surface area (Å²) in [5.41, 5.74) is 0. The summed E-state index contributed by atoms with van der Waals surface area (Å²) in [5, 5.41) is 17.1. The molecule has 2 amide bonds. The van der Waals surface area contributed by atoms with Crippen molar-refractivity contribution in [2.24, 2.45) is 0 Å². The number of carbonyl (C=O) groups is 2. The first-order chi connectivity index (χ1) is 24.0. The molecule has 0 atom stereocenters. The molecule has 0 aromatic heterocycles. The van der Waals surface area contributed by atoms with Gasteiger partial charge in [0.1, 0.15) is 13.1 Å². The standard InChI is InChI=1S/C43H88N4O3/c1-7-9-11-13-15-17-19-21-23-25-27-29-31-33-42(49)44-35-37-46(3,4)39-41(48)40-47(5,6)38-36-45-43(50)34-32-30-28-26-24-22-20-18-16-14-12-10-8-2/h41,48H,7-40H2,1-6H3/p+2. The van der Waals surface area contributed by atoms with E-state index < -0.39 is 6.10 Å². The minimum atomic E-state index is -0.442. The normalized spacial score (nSPS) is 12.2. The molecule has 298 valence electrons. The van der Waals surface area contributed by atoms with Gasteiger partial charge in [-0.25, -0.2) is 0 Å². The van der Waals surface area contributed by atoms with Gasteiger partial charge in [-0.3, -0.25) is 9.59 Å². The largest absolute Gasteiger partial charge is 0.382 e. The molecule has 0 fully saturated rings. The molecule has 0 rings (SSSR count). The Kier molecular flexibility index (Phi) is 32.8. The number of amides is 2. The fourth-order valence-electron chi connectivity index (χ4n) is 7.16. The van der Waals surface area contributed by atoms with E-state index in [1.165, 1.54) is 141 Å². The average Bonchev–Trinajstić information content (AvgIpc) is 3.04. The van der Waals surface area contributed by atoms with Gasteiger partial charge in [0.25, 0.3) is 0 Å². The van der Waals surface area contributed by atoms with Gasteiger partial charge in [-0.15, -0.1) is 0 Å². The van der Waals surface area contributed by atoms with Crippen LogP contribution in [0.4, 0.5) is 0 Å². The Hall–Kier alpha value is -1.18. The summed E-state index contributed by atoms with van der Waals surface area (Å²) in [6.45, 7) is 8.70. The molecule has 0 aliphatic rings. The average molecular weight is 711 g/mol. The second kappa shape index (κ2) is 33.6. The van der Waals surface area contributed by atoms with E-state index in [1.807, 2.05) is 0 Å². The lowest BCUT2D eigenvalue weighted by Crippen LogP contribution is -2.55. The third-order valence-electron chi connectivity index (χ3n) is 10.5. The van der Waals surface area contributed by atoms with Gasteiger partial charge in [-0.2, -0.15) is 0 Å². The molecule has 0 aromatic rings. The van der Waals surface area contributed by atoms with Crippen LogP contribution in [0.25, 0.3) is 0 Å². The van der Waals surface area contributed by atoms with Gasteiger partial charge in [0.05, 0.1) is 54.4 Å². The number of quaternary nitrogens is 2. The van der Waals surface area contributed by atoms with Gasteiger partial charge >= 0.3 is 0 Å². The van der Waals surface area contributed by atoms with E-state index in [0.29, 0.717) is 48.0 Å². The van der Waals surface area contributed by atoms with Gasteiger partial charge in [-0.1, -0.05) is 168 Å². The van der Waals surface area contributed by atoms with Crippen molar-refractivity contribution in [2.45, 2.75) is 200 Å². The molecule has 0 saturated heterocycles. The highest BCUT2D eigenvalue weighted by Crippen LogP contribution is 2.14. The quantitative estimate of drug-likeness (QED) is 0.0441. The van der Waals surface area contributed by atoms with Crippen LogP contribution >= 0.6 is 0 Å². The first-order valence-electron chi connectivity index (χ1n) is 21.9. The molecule has 0 unspecified atom stereocenters. The monoisotopic (exact) mass is 711 g/mol. The highest BCUT2D eigenvalue weighted by atomic mass is 16.3. The smallest absolute Gasteiger partial charge is 0.220 e. The van der Waals surface area contributed by atoms with E-state index in [2.05, 4.69) is 52.7 Å². The lowest BCUT2D eigenvalue weighted by molar-refractivity contribution is -0.913. The first-order valence-corrected chi connectivity index (χ1v) is 21.9. The van der Waals surface area contributed by atoms with E-state index in [4.69, 9.17) is 0 Å². The van der Waals surface area contributed by atoms with Gasteiger partial charge in [-0.05, 0) is 12.8 Å². The van der Waals surface area contributed by atoms with Crippen LogP contribution in [0.3, 0.4) is 0 Å². The van der Waals surface area contributed by atoms with E-state index in [9.17, 15) is 14.7 Å². The van der Waals surface area contributed by atoms with Crippen LogP contribution in [0, 0.1) is 0 Å². The number of aliphatic hydroxyl groups excluding tert-OH is 1. The minimum Gasteiger partial charge on any atom is -0.382 e. The molecule has 0 aromatic carbocycles. The predicted octanol–water partition coefficient (Wildman–Crippen LogP) is 9.70. The Bertz CT molecular complexity index is 711. The zero-order chi connectivity index (χ0) is 37.2. The van der Waals surface area contributed by atoms with Crippen LogP contribution in [-0.2, 0) is 9.59 Å². The maximum atomic E-state index is 12.4. The maximum absolute atomic E-state index is 12.4. The molecular weight excluding hydrogens is 620 g/mol. The van der Waals surface area contributed by atoms with Gasteiger partial charge in [0, 0.05) is 12.8 Å². The molecule has 3 N–H and O–H groups in total. The Labute approximate surface area is 312 Å². The molecule has 0 aliphatic heterocycles. The summed E-state index contributed by atoms with van der Waals surface area (Å²) in [7, 11) is 8.49. The number of unbranched alkanes of at least 4 members (excludes halogenated alkanes) is 24. The first kappa shape index (κ1) is 48.8. The summed E-state index contributed by atoms with van der Waals surface area (Å²) < 4.78 is 1.33. The highest BCUT2D eigenvalue weighted by Gasteiger charge is 2.27. The summed E-state index contributed by atoms with van der Waals surface area (Å²) in [5.74, 6) is 0.310. The number of hydrogen-bond donors (Lipinski definition) is 3. The SMILES string of the molecule is CCCCCCCCCCCCCCCC(=O)NCC[N+](C)(C)CC(O)C[N+](C)(C)CCNC(=O)CCCCCCCCCCCCCCC. The summed E-state index contributed by atoms with van der Waals surface area (Å²) in [6, 6.07) is 0.